The third-order valence-corrected chi connectivity index (χ3v) is 4.22. The minimum atomic E-state index is -0.163. The Morgan fingerprint density at radius 2 is 1.73 bits per heavy atom. The van der Waals surface area contributed by atoms with Crippen molar-refractivity contribution in [3.8, 4) is 0 Å². The molecule has 0 fully saturated rings. The topological polar surface area (TPSA) is 66.0 Å². The maximum absolute atomic E-state index is 11.3. The molecule has 0 aliphatic rings. The standard InChI is InChI=1S/C16H26N4OS/c1-2-3-4-5-6-7-8-9-10-11-13-17-14-12-15(21)19-20(14)16(22)18-13/h12H,2-11H2,1H3,(H,19,21)(H,17,18,22). The van der Waals surface area contributed by atoms with Crippen LogP contribution in [0.3, 0.4) is 0 Å². The van der Waals surface area contributed by atoms with Gasteiger partial charge in [-0.3, -0.25) is 9.89 Å². The fourth-order valence-electron chi connectivity index (χ4n) is 2.70. The quantitative estimate of drug-likeness (QED) is 0.510. The smallest absolute Gasteiger partial charge is 0.266 e. The zero-order chi connectivity index (χ0) is 15.8. The van der Waals surface area contributed by atoms with Gasteiger partial charge < -0.3 is 4.98 Å². The molecule has 0 bridgehead atoms. The van der Waals surface area contributed by atoms with E-state index in [0.29, 0.717) is 10.4 Å². The van der Waals surface area contributed by atoms with Gasteiger partial charge in [-0.15, -0.1) is 0 Å². The third kappa shape index (κ3) is 5.09. The minimum Gasteiger partial charge on any atom is -0.328 e. The molecule has 5 nitrogen and oxygen atoms in total. The predicted molar refractivity (Wildman–Crippen MR) is 91.9 cm³/mol. The molecule has 6 heteroatoms. The first-order chi connectivity index (χ1) is 10.7. The van der Waals surface area contributed by atoms with Crippen molar-refractivity contribution in [2.75, 3.05) is 0 Å². The summed E-state index contributed by atoms with van der Waals surface area (Å²) in [6.07, 6.45) is 12.6. The molecular formula is C16H26N4OS. The number of hydrogen-bond donors (Lipinski definition) is 2. The van der Waals surface area contributed by atoms with Crippen molar-refractivity contribution in [3.05, 3.63) is 27.0 Å². The van der Waals surface area contributed by atoms with Gasteiger partial charge in [-0.1, -0.05) is 58.3 Å². The number of nitrogens with one attached hydrogen (secondary N) is 2. The van der Waals surface area contributed by atoms with Gasteiger partial charge in [0.05, 0.1) is 0 Å². The van der Waals surface area contributed by atoms with Crippen LogP contribution in [0.5, 0.6) is 0 Å². The Morgan fingerprint density at radius 1 is 1.09 bits per heavy atom. The van der Waals surface area contributed by atoms with Crippen LogP contribution in [0.2, 0.25) is 0 Å². The summed E-state index contributed by atoms with van der Waals surface area (Å²) in [5, 5.41) is 2.62. The molecule has 0 unspecified atom stereocenters. The van der Waals surface area contributed by atoms with Crippen molar-refractivity contribution >= 4 is 17.9 Å². The lowest BCUT2D eigenvalue weighted by atomic mass is 10.1. The van der Waals surface area contributed by atoms with E-state index in [0.717, 1.165) is 18.7 Å². The molecule has 122 valence electrons. The van der Waals surface area contributed by atoms with Crippen LogP contribution in [0.4, 0.5) is 0 Å². The number of aromatic amines is 2. The largest absolute Gasteiger partial charge is 0.328 e. The van der Waals surface area contributed by atoms with E-state index in [4.69, 9.17) is 12.2 Å². The van der Waals surface area contributed by atoms with Crippen molar-refractivity contribution in [1.82, 2.24) is 19.6 Å². The normalized spacial score (nSPS) is 11.3. The molecule has 2 N–H and O–H groups in total. The molecule has 22 heavy (non-hydrogen) atoms. The molecule has 0 radical (unpaired) electrons. The molecule has 0 atom stereocenters. The molecule has 0 spiro atoms. The summed E-state index contributed by atoms with van der Waals surface area (Å²) in [5.41, 5.74) is 0.528. The summed E-state index contributed by atoms with van der Waals surface area (Å²) in [6, 6.07) is 1.51. The number of aryl methyl sites for hydroxylation is 1. The molecule has 2 aromatic heterocycles. The Balaban J connectivity index is 1.69. The zero-order valence-electron chi connectivity index (χ0n) is 13.4. The molecule has 2 aromatic rings. The fraction of sp³-hybridized carbons (Fsp3) is 0.688. The summed E-state index contributed by atoms with van der Waals surface area (Å²) in [6.45, 7) is 2.25. The SMILES string of the molecule is CCCCCCCCCCCc1nc(=S)n2[nH]c(=O)cc2[nH]1. The van der Waals surface area contributed by atoms with E-state index >= 15 is 0 Å². The van der Waals surface area contributed by atoms with E-state index in [-0.39, 0.29) is 5.56 Å². The van der Waals surface area contributed by atoms with Crippen LogP contribution in [0, 0.1) is 4.77 Å². The van der Waals surface area contributed by atoms with Crippen LogP contribution in [0.1, 0.15) is 70.5 Å². The first-order valence-corrected chi connectivity index (χ1v) is 8.82. The number of fused-ring (bicyclic) bond motifs is 1. The van der Waals surface area contributed by atoms with Gasteiger partial charge in [0.1, 0.15) is 11.5 Å². The lowest BCUT2D eigenvalue weighted by molar-refractivity contribution is 0.561. The highest BCUT2D eigenvalue weighted by Crippen LogP contribution is 2.11. The summed E-state index contributed by atoms with van der Waals surface area (Å²) in [4.78, 5) is 18.8. The average Bonchev–Trinajstić information content (AvgIpc) is 2.86. The van der Waals surface area contributed by atoms with Gasteiger partial charge in [0.25, 0.3) is 5.56 Å². The Labute approximate surface area is 136 Å². The molecule has 0 saturated heterocycles. The molecule has 0 aliphatic carbocycles. The molecule has 0 saturated carbocycles. The van der Waals surface area contributed by atoms with Crippen molar-refractivity contribution < 1.29 is 0 Å². The summed E-state index contributed by atoms with van der Waals surface area (Å²) in [7, 11) is 0. The summed E-state index contributed by atoms with van der Waals surface area (Å²) >= 11 is 5.19. The first-order valence-electron chi connectivity index (χ1n) is 8.41. The highest BCUT2D eigenvalue weighted by atomic mass is 32.1. The van der Waals surface area contributed by atoms with Crippen LogP contribution in [-0.2, 0) is 6.42 Å². The van der Waals surface area contributed by atoms with E-state index in [1.807, 2.05) is 0 Å². The number of hydrogen-bond acceptors (Lipinski definition) is 3. The highest BCUT2D eigenvalue weighted by Gasteiger charge is 2.02. The number of H-pyrrole nitrogens is 2. The zero-order valence-corrected chi connectivity index (χ0v) is 14.2. The van der Waals surface area contributed by atoms with Crippen molar-refractivity contribution in [1.29, 1.82) is 0 Å². The lowest BCUT2D eigenvalue weighted by Crippen LogP contribution is -2.04. The number of rotatable bonds is 10. The van der Waals surface area contributed by atoms with Gasteiger partial charge in [-0.05, 0) is 18.6 Å². The summed E-state index contributed by atoms with van der Waals surface area (Å²) in [5.74, 6) is 0.868. The first kappa shape index (κ1) is 16.9. The Morgan fingerprint density at radius 3 is 2.41 bits per heavy atom. The monoisotopic (exact) mass is 322 g/mol. The van der Waals surface area contributed by atoms with Crippen molar-refractivity contribution in [2.45, 2.75) is 71.1 Å². The van der Waals surface area contributed by atoms with Gasteiger partial charge in [0.2, 0.25) is 4.77 Å². The van der Waals surface area contributed by atoms with Gasteiger partial charge in [-0.25, -0.2) is 9.50 Å². The van der Waals surface area contributed by atoms with Crippen LogP contribution >= 0.6 is 12.2 Å². The van der Waals surface area contributed by atoms with E-state index < -0.39 is 0 Å². The Bertz CT molecular complexity index is 685. The molecule has 0 aromatic carbocycles. The fourth-order valence-corrected chi connectivity index (χ4v) is 2.95. The Kier molecular flexibility index (Phi) is 6.83. The molecule has 0 amide bonds. The molecular weight excluding hydrogens is 296 g/mol. The molecule has 2 heterocycles. The summed E-state index contributed by atoms with van der Waals surface area (Å²) < 4.78 is 1.92. The highest BCUT2D eigenvalue weighted by molar-refractivity contribution is 7.71. The van der Waals surface area contributed by atoms with E-state index in [2.05, 4.69) is 22.0 Å². The number of aromatic nitrogens is 4. The second-order valence-electron chi connectivity index (χ2n) is 5.89. The lowest BCUT2D eigenvalue weighted by Gasteiger charge is -2.03. The van der Waals surface area contributed by atoms with Crippen LogP contribution in [0.15, 0.2) is 10.9 Å². The van der Waals surface area contributed by atoms with E-state index in [9.17, 15) is 4.79 Å². The second-order valence-corrected chi connectivity index (χ2v) is 6.25. The van der Waals surface area contributed by atoms with Crippen molar-refractivity contribution in [3.63, 3.8) is 0 Å². The maximum Gasteiger partial charge on any atom is 0.266 e. The van der Waals surface area contributed by atoms with Crippen LogP contribution in [0.25, 0.3) is 5.65 Å². The molecule has 0 aliphatic heterocycles. The molecule has 2 rings (SSSR count). The van der Waals surface area contributed by atoms with E-state index in [1.54, 1.807) is 0 Å². The maximum atomic E-state index is 11.3. The van der Waals surface area contributed by atoms with Gasteiger partial charge in [0.15, 0.2) is 0 Å². The van der Waals surface area contributed by atoms with Gasteiger partial charge in [0, 0.05) is 12.5 Å². The van der Waals surface area contributed by atoms with Crippen molar-refractivity contribution in [2.24, 2.45) is 0 Å². The van der Waals surface area contributed by atoms with Crippen LogP contribution in [-0.4, -0.2) is 19.6 Å². The number of unbranched alkanes of at least 4 members (excludes halogenated alkanes) is 8. The minimum absolute atomic E-state index is 0.163. The third-order valence-electron chi connectivity index (χ3n) is 3.94. The average molecular weight is 322 g/mol. The number of nitrogens with zero attached hydrogens (tertiary/aromatic N) is 2. The van der Waals surface area contributed by atoms with Gasteiger partial charge >= 0.3 is 0 Å². The predicted octanol–water partition coefficient (Wildman–Crippen LogP) is 4.15. The Hall–Kier alpha value is -1.43. The van der Waals surface area contributed by atoms with Gasteiger partial charge in [-0.2, -0.15) is 0 Å². The van der Waals surface area contributed by atoms with E-state index in [1.165, 1.54) is 61.9 Å². The second kappa shape index (κ2) is 8.88. The van der Waals surface area contributed by atoms with Crippen LogP contribution < -0.4 is 5.56 Å².